The third-order valence-corrected chi connectivity index (χ3v) is 3.51. The molecule has 0 spiro atoms. The molecule has 6 heteroatoms. The van der Waals surface area contributed by atoms with Crippen LogP contribution in [0.25, 0.3) is 5.69 Å². The van der Waals surface area contributed by atoms with E-state index in [1.54, 1.807) is 0 Å². The quantitative estimate of drug-likeness (QED) is 0.856. The summed E-state index contributed by atoms with van der Waals surface area (Å²) in [5.41, 5.74) is 4.13. The van der Waals surface area contributed by atoms with Crippen LogP contribution in [0.2, 0.25) is 0 Å². The van der Waals surface area contributed by atoms with E-state index in [2.05, 4.69) is 15.7 Å². The number of aryl methyl sites for hydroxylation is 1. The van der Waals surface area contributed by atoms with Gasteiger partial charge in [-0.15, -0.1) is 12.4 Å². The molecule has 2 N–H and O–H groups in total. The molecule has 0 aliphatic carbocycles. The standard InChI is InChI=1S/C16H22N4O.ClH/c1-12-15(11-18-16(21)9-10-17-3)13(2)20(19-12)14-7-5-4-6-8-14;/h4-8,17H,9-11H2,1-3H3,(H,18,21);1H. The van der Waals surface area contributed by atoms with E-state index >= 15 is 0 Å². The molecule has 0 saturated carbocycles. The lowest BCUT2D eigenvalue weighted by Gasteiger charge is -2.07. The lowest BCUT2D eigenvalue weighted by molar-refractivity contribution is -0.121. The third kappa shape index (κ3) is 4.32. The summed E-state index contributed by atoms with van der Waals surface area (Å²) in [6, 6.07) is 10.0. The van der Waals surface area contributed by atoms with Crippen LogP contribution in [0.4, 0.5) is 0 Å². The van der Waals surface area contributed by atoms with Gasteiger partial charge >= 0.3 is 0 Å². The Morgan fingerprint density at radius 3 is 2.55 bits per heavy atom. The lowest BCUT2D eigenvalue weighted by atomic mass is 10.2. The summed E-state index contributed by atoms with van der Waals surface area (Å²) in [7, 11) is 1.84. The van der Waals surface area contributed by atoms with E-state index < -0.39 is 0 Å². The van der Waals surface area contributed by atoms with Gasteiger partial charge in [0.2, 0.25) is 5.91 Å². The molecule has 0 aliphatic rings. The van der Waals surface area contributed by atoms with Gasteiger partial charge in [0.15, 0.2) is 0 Å². The Bertz CT molecular complexity index is 610. The zero-order valence-electron chi connectivity index (χ0n) is 13.2. The molecule has 0 saturated heterocycles. The van der Waals surface area contributed by atoms with Crippen molar-refractivity contribution in [2.75, 3.05) is 13.6 Å². The molecule has 1 aromatic carbocycles. The average Bonchev–Trinajstić information content (AvgIpc) is 2.79. The number of para-hydroxylation sites is 1. The van der Waals surface area contributed by atoms with Crippen molar-refractivity contribution in [2.24, 2.45) is 0 Å². The fraction of sp³-hybridized carbons (Fsp3) is 0.375. The predicted molar refractivity (Wildman–Crippen MR) is 90.7 cm³/mol. The maximum absolute atomic E-state index is 11.7. The van der Waals surface area contributed by atoms with Crippen LogP contribution in [0.5, 0.6) is 0 Å². The van der Waals surface area contributed by atoms with Crippen molar-refractivity contribution in [3.63, 3.8) is 0 Å². The Hall–Kier alpha value is -1.85. The molecule has 22 heavy (non-hydrogen) atoms. The third-order valence-electron chi connectivity index (χ3n) is 3.51. The van der Waals surface area contributed by atoms with Crippen LogP contribution >= 0.6 is 12.4 Å². The monoisotopic (exact) mass is 322 g/mol. The summed E-state index contributed by atoms with van der Waals surface area (Å²) in [6.07, 6.45) is 0.488. The molecular formula is C16H23ClN4O. The zero-order valence-corrected chi connectivity index (χ0v) is 14.0. The summed E-state index contributed by atoms with van der Waals surface area (Å²) in [5, 5.41) is 10.5. The Balaban J connectivity index is 0.00000242. The highest BCUT2D eigenvalue weighted by molar-refractivity contribution is 5.85. The second-order valence-corrected chi connectivity index (χ2v) is 5.03. The van der Waals surface area contributed by atoms with Crippen molar-refractivity contribution >= 4 is 18.3 Å². The Labute approximate surface area is 137 Å². The number of hydrogen-bond acceptors (Lipinski definition) is 3. The smallest absolute Gasteiger partial charge is 0.221 e. The highest BCUT2D eigenvalue weighted by Gasteiger charge is 2.13. The minimum Gasteiger partial charge on any atom is -0.352 e. The van der Waals surface area contributed by atoms with Crippen molar-refractivity contribution in [1.29, 1.82) is 0 Å². The largest absolute Gasteiger partial charge is 0.352 e. The van der Waals surface area contributed by atoms with E-state index in [0.29, 0.717) is 19.5 Å². The van der Waals surface area contributed by atoms with Gasteiger partial charge in [0.05, 0.1) is 11.4 Å². The molecule has 120 valence electrons. The first-order chi connectivity index (χ1) is 10.1. The molecule has 0 aliphatic heterocycles. The van der Waals surface area contributed by atoms with Gasteiger partial charge in [0, 0.05) is 30.8 Å². The molecular weight excluding hydrogens is 300 g/mol. The van der Waals surface area contributed by atoms with E-state index in [1.165, 1.54) is 0 Å². The minimum atomic E-state index is 0. The first-order valence-electron chi connectivity index (χ1n) is 7.15. The fourth-order valence-electron chi connectivity index (χ4n) is 2.27. The van der Waals surface area contributed by atoms with E-state index in [4.69, 9.17) is 0 Å². The van der Waals surface area contributed by atoms with E-state index in [-0.39, 0.29) is 18.3 Å². The number of amides is 1. The Morgan fingerprint density at radius 2 is 1.91 bits per heavy atom. The summed E-state index contributed by atoms with van der Waals surface area (Å²) in [5.74, 6) is 0.0515. The second-order valence-electron chi connectivity index (χ2n) is 5.03. The van der Waals surface area contributed by atoms with E-state index in [0.717, 1.165) is 22.6 Å². The number of nitrogens with one attached hydrogen (secondary N) is 2. The van der Waals surface area contributed by atoms with E-state index in [1.807, 2.05) is 55.9 Å². The van der Waals surface area contributed by atoms with Gasteiger partial charge in [-0.3, -0.25) is 4.79 Å². The Kier molecular flexibility index (Phi) is 7.08. The number of aromatic nitrogens is 2. The lowest BCUT2D eigenvalue weighted by Crippen LogP contribution is -2.26. The second kappa shape index (κ2) is 8.56. The molecule has 0 bridgehead atoms. The van der Waals surface area contributed by atoms with Crippen LogP contribution in [-0.4, -0.2) is 29.3 Å². The summed E-state index contributed by atoms with van der Waals surface area (Å²) in [6.45, 7) is 5.21. The molecule has 0 fully saturated rings. The SMILES string of the molecule is CNCCC(=O)NCc1c(C)nn(-c2ccccc2)c1C.Cl. The molecule has 0 atom stereocenters. The first-order valence-corrected chi connectivity index (χ1v) is 7.15. The number of carbonyl (C=O) groups excluding carboxylic acids is 1. The molecule has 0 radical (unpaired) electrons. The molecule has 2 aromatic rings. The number of carbonyl (C=O) groups is 1. The van der Waals surface area contributed by atoms with Crippen LogP contribution < -0.4 is 10.6 Å². The van der Waals surface area contributed by atoms with Crippen LogP contribution in [0.15, 0.2) is 30.3 Å². The average molecular weight is 323 g/mol. The van der Waals surface area contributed by atoms with Crippen molar-refractivity contribution in [3.8, 4) is 5.69 Å². The van der Waals surface area contributed by atoms with Crippen LogP contribution in [0.3, 0.4) is 0 Å². The molecule has 1 amide bonds. The summed E-state index contributed by atoms with van der Waals surface area (Å²) < 4.78 is 1.92. The summed E-state index contributed by atoms with van der Waals surface area (Å²) in [4.78, 5) is 11.7. The molecule has 5 nitrogen and oxygen atoms in total. The maximum atomic E-state index is 11.7. The number of hydrogen-bond donors (Lipinski definition) is 2. The maximum Gasteiger partial charge on any atom is 0.221 e. The van der Waals surface area contributed by atoms with Gasteiger partial charge < -0.3 is 10.6 Å². The zero-order chi connectivity index (χ0) is 15.2. The van der Waals surface area contributed by atoms with Crippen LogP contribution in [0.1, 0.15) is 23.4 Å². The molecule has 1 aromatic heterocycles. The molecule has 0 unspecified atom stereocenters. The van der Waals surface area contributed by atoms with Gasteiger partial charge in [0.1, 0.15) is 0 Å². The van der Waals surface area contributed by atoms with Gasteiger partial charge in [-0.25, -0.2) is 4.68 Å². The highest BCUT2D eigenvalue weighted by atomic mass is 35.5. The van der Waals surface area contributed by atoms with Crippen molar-refractivity contribution in [1.82, 2.24) is 20.4 Å². The number of halogens is 1. The normalized spacial score (nSPS) is 10.1. The van der Waals surface area contributed by atoms with Gasteiger partial charge in [-0.2, -0.15) is 5.10 Å². The fourth-order valence-corrected chi connectivity index (χ4v) is 2.27. The highest BCUT2D eigenvalue weighted by Crippen LogP contribution is 2.17. The predicted octanol–water partition coefficient (Wildman–Crippen LogP) is 2.14. The van der Waals surface area contributed by atoms with E-state index in [9.17, 15) is 4.79 Å². The summed E-state index contributed by atoms with van der Waals surface area (Å²) >= 11 is 0. The number of rotatable bonds is 6. The van der Waals surface area contributed by atoms with Gasteiger partial charge in [-0.1, -0.05) is 18.2 Å². The first kappa shape index (κ1) is 18.2. The van der Waals surface area contributed by atoms with Crippen LogP contribution in [0, 0.1) is 13.8 Å². The van der Waals surface area contributed by atoms with Crippen LogP contribution in [-0.2, 0) is 11.3 Å². The topological polar surface area (TPSA) is 59.0 Å². The van der Waals surface area contributed by atoms with Crippen molar-refractivity contribution in [2.45, 2.75) is 26.8 Å². The van der Waals surface area contributed by atoms with Crippen molar-refractivity contribution < 1.29 is 4.79 Å². The van der Waals surface area contributed by atoms with Gasteiger partial charge in [-0.05, 0) is 33.0 Å². The number of nitrogens with zero attached hydrogens (tertiary/aromatic N) is 2. The number of benzene rings is 1. The van der Waals surface area contributed by atoms with Gasteiger partial charge in [0.25, 0.3) is 0 Å². The Morgan fingerprint density at radius 1 is 1.23 bits per heavy atom. The van der Waals surface area contributed by atoms with Crippen molar-refractivity contribution in [3.05, 3.63) is 47.3 Å². The molecule has 2 rings (SSSR count). The molecule has 1 heterocycles. The minimum absolute atomic E-state index is 0.